The van der Waals surface area contributed by atoms with Gasteiger partial charge in [0.2, 0.25) is 5.91 Å². The highest BCUT2D eigenvalue weighted by molar-refractivity contribution is 5.77. The van der Waals surface area contributed by atoms with Gasteiger partial charge in [0.25, 0.3) is 0 Å². The summed E-state index contributed by atoms with van der Waals surface area (Å²) < 4.78 is 0. The van der Waals surface area contributed by atoms with Gasteiger partial charge in [0.05, 0.1) is 5.54 Å². The van der Waals surface area contributed by atoms with E-state index in [9.17, 15) is 4.79 Å². The highest BCUT2D eigenvalue weighted by atomic mass is 16.1. The van der Waals surface area contributed by atoms with Crippen LogP contribution < -0.4 is 5.32 Å². The van der Waals surface area contributed by atoms with Crippen molar-refractivity contribution in [3.8, 4) is 0 Å². The van der Waals surface area contributed by atoms with E-state index < -0.39 is 0 Å². The minimum atomic E-state index is -0.360. The zero-order chi connectivity index (χ0) is 15.3. The minimum absolute atomic E-state index is 0.0679. The number of benzene rings is 1. The molecule has 0 saturated heterocycles. The first-order valence-electron chi connectivity index (χ1n) is 7.24. The summed E-state index contributed by atoms with van der Waals surface area (Å²) in [6.45, 7) is 6.13. The molecule has 3 heteroatoms. The Morgan fingerprint density at radius 3 is 2.57 bits per heavy atom. The standard InChI is InChI=1S/C18H22N2O/c1-14-5-4-6-16(13-14)18(2,3)20-17(21)8-7-15-9-11-19-12-10-15/h4-6,9-13H,7-8H2,1-3H3,(H,20,21). The van der Waals surface area contributed by atoms with Crippen molar-refractivity contribution in [3.63, 3.8) is 0 Å². The van der Waals surface area contributed by atoms with E-state index in [1.165, 1.54) is 5.56 Å². The Balaban J connectivity index is 1.95. The molecule has 0 spiro atoms. The second-order valence-electron chi connectivity index (χ2n) is 5.90. The zero-order valence-electron chi connectivity index (χ0n) is 12.9. The van der Waals surface area contributed by atoms with Crippen molar-refractivity contribution in [2.45, 2.75) is 39.2 Å². The maximum absolute atomic E-state index is 12.2. The number of pyridine rings is 1. The molecular weight excluding hydrogens is 260 g/mol. The fraction of sp³-hybridized carbons (Fsp3) is 0.333. The fourth-order valence-electron chi connectivity index (χ4n) is 2.32. The van der Waals surface area contributed by atoms with Gasteiger partial charge in [0.15, 0.2) is 0 Å². The van der Waals surface area contributed by atoms with Gasteiger partial charge in [-0.3, -0.25) is 9.78 Å². The highest BCUT2D eigenvalue weighted by Gasteiger charge is 2.22. The molecule has 21 heavy (non-hydrogen) atoms. The second-order valence-corrected chi connectivity index (χ2v) is 5.90. The normalized spacial score (nSPS) is 11.2. The third-order valence-corrected chi connectivity index (χ3v) is 3.58. The van der Waals surface area contributed by atoms with E-state index in [0.717, 1.165) is 17.5 Å². The molecular formula is C18H22N2O. The van der Waals surface area contributed by atoms with E-state index in [-0.39, 0.29) is 11.4 Å². The van der Waals surface area contributed by atoms with E-state index in [2.05, 4.69) is 35.4 Å². The van der Waals surface area contributed by atoms with Crippen LogP contribution in [0.5, 0.6) is 0 Å². The lowest BCUT2D eigenvalue weighted by Gasteiger charge is -2.27. The highest BCUT2D eigenvalue weighted by Crippen LogP contribution is 2.21. The van der Waals surface area contributed by atoms with Crippen molar-refractivity contribution in [1.29, 1.82) is 0 Å². The number of carbonyl (C=O) groups excluding carboxylic acids is 1. The van der Waals surface area contributed by atoms with Crippen LogP contribution in [0.4, 0.5) is 0 Å². The largest absolute Gasteiger partial charge is 0.347 e. The molecule has 0 bridgehead atoms. The van der Waals surface area contributed by atoms with Crippen LogP contribution in [0, 0.1) is 6.92 Å². The molecule has 2 rings (SSSR count). The molecule has 0 radical (unpaired) electrons. The topological polar surface area (TPSA) is 42.0 Å². The van der Waals surface area contributed by atoms with Crippen LogP contribution in [0.3, 0.4) is 0 Å². The SMILES string of the molecule is Cc1cccc(C(C)(C)NC(=O)CCc2ccncc2)c1. The number of nitrogens with one attached hydrogen (secondary N) is 1. The Morgan fingerprint density at radius 2 is 1.90 bits per heavy atom. The number of amides is 1. The summed E-state index contributed by atoms with van der Waals surface area (Å²) in [4.78, 5) is 16.1. The van der Waals surface area contributed by atoms with Crippen LogP contribution >= 0.6 is 0 Å². The van der Waals surface area contributed by atoms with Crippen LogP contribution in [-0.4, -0.2) is 10.9 Å². The van der Waals surface area contributed by atoms with Crippen LogP contribution in [0.15, 0.2) is 48.8 Å². The van der Waals surface area contributed by atoms with Gasteiger partial charge in [0, 0.05) is 18.8 Å². The van der Waals surface area contributed by atoms with Crippen LogP contribution in [0.25, 0.3) is 0 Å². The first-order valence-corrected chi connectivity index (χ1v) is 7.24. The summed E-state index contributed by atoms with van der Waals surface area (Å²) >= 11 is 0. The van der Waals surface area contributed by atoms with Gasteiger partial charge in [-0.25, -0.2) is 0 Å². The zero-order valence-corrected chi connectivity index (χ0v) is 12.9. The molecule has 0 fully saturated rings. The Morgan fingerprint density at radius 1 is 1.19 bits per heavy atom. The molecule has 0 atom stereocenters. The number of aromatic nitrogens is 1. The quantitative estimate of drug-likeness (QED) is 0.913. The Labute approximate surface area is 126 Å². The Kier molecular flexibility index (Phi) is 4.73. The molecule has 0 aliphatic rings. The van der Waals surface area contributed by atoms with Gasteiger partial charge in [-0.15, -0.1) is 0 Å². The molecule has 1 amide bonds. The summed E-state index contributed by atoms with van der Waals surface area (Å²) in [6, 6.07) is 12.1. The molecule has 0 aliphatic heterocycles. The lowest BCUT2D eigenvalue weighted by atomic mass is 9.92. The predicted octanol–water partition coefficient (Wildman–Crippen LogP) is 3.37. The fourth-order valence-corrected chi connectivity index (χ4v) is 2.32. The second kappa shape index (κ2) is 6.53. The lowest BCUT2D eigenvalue weighted by Crippen LogP contribution is -2.41. The van der Waals surface area contributed by atoms with Crippen LogP contribution in [0.1, 0.15) is 37.0 Å². The summed E-state index contributed by atoms with van der Waals surface area (Å²) in [5.41, 5.74) is 3.10. The van der Waals surface area contributed by atoms with Gasteiger partial charge in [-0.2, -0.15) is 0 Å². The summed E-state index contributed by atoms with van der Waals surface area (Å²) in [5.74, 6) is 0.0679. The van der Waals surface area contributed by atoms with Gasteiger partial charge >= 0.3 is 0 Å². The van der Waals surface area contributed by atoms with E-state index in [4.69, 9.17) is 0 Å². The summed E-state index contributed by atoms with van der Waals surface area (Å²) in [6.07, 6.45) is 4.73. The molecule has 110 valence electrons. The number of aryl methyl sites for hydroxylation is 2. The van der Waals surface area contributed by atoms with Crippen molar-refractivity contribution >= 4 is 5.91 Å². The molecule has 0 saturated carbocycles. The van der Waals surface area contributed by atoms with Crippen molar-refractivity contribution in [1.82, 2.24) is 10.3 Å². The van der Waals surface area contributed by atoms with Crippen LogP contribution in [-0.2, 0) is 16.8 Å². The van der Waals surface area contributed by atoms with E-state index in [0.29, 0.717) is 6.42 Å². The van der Waals surface area contributed by atoms with E-state index in [1.54, 1.807) is 12.4 Å². The number of hydrogen-bond acceptors (Lipinski definition) is 2. The maximum Gasteiger partial charge on any atom is 0.221 e. The minimum Gasteiger partial charge on any atom is -0.347 e. The molecule has 0 unspecified atom stereocenters. The lowest BCUT2D eigenvalue weighted by molar-refractivity contribution is -0.122. The Bertz CT molecular complexity index is 606. The number of rotatable bonds is 5. The third-order valence-electron chi connectivity index (χ3n) is 3.58. The molecule has 3 nitrogen and oxygen atoms in total. The average Bonchev–Trinajstić information content (AvgIpc) is 2.46. The maximum atomic E-state index is 12.2. The van der Waals surface area contributed by atoms with Gasteiger partial charge in [-0.05, 0) is 50.5 Å². The molecule has 2 aromatic rings. The summed E-state index contributed by atoms with van der Waals surface area (Å²) in [7, 11) is 0. The monoisotopic (exact) mass is 282 g/mol. The molecule has 1 N–H and O–H groups in total. The number of hydrogen-bond donors (Lipinski definition) is 1. The van der Waals surface area contributed by atoms with Crippen molar-refractivity contribution in [2.24, 2.45) is 0 Å². The van der Waals surface area contributed by atoms with E-state index >= 15 is 0 Å². The molecule has 0 aliphatic carbocycles. The van der Waals surface area contributed by atoms with Crippen molar-refractivity contribution < 1.29 is 4.79 Å². The number of carbonyl (C=O) groups is 1. The number of nitrogens with zero attached hydrogens (tertiary/aromatic N) is 1. The molecule has 1 aromatic heterocycles. The predicted molar refractivity (Wildman–Crippen MR) is 84.9 cm³/mol. The van der Waals surface area contributed by atoms with Gasteiger partial charge in [0.1, 0.15) is 0 Å². The van der Waals surface area contributed by atoms with E-state index in [1.807, 2.05) is 32.0 Å². The van der Waals surface area contributed by atoms with Gasteiger partial charge in [-0.1, -0.05) is 29.8 Å². The average molecular weight is 282 g/mol. The van der Waals surface area contributed by atoms with Crippen LogP contribution in [0.2, 0.25) is 0 Å². The molecule has 1 heterocycles. The van der Waals surface area contributed by atoms with Crippen molar-refractivity contribution in [3.05, 3.63) is 65.5 Å². The first kappa shape index (κ1) is 15.2. The molecule has 1 aromatic carbocycles. The third kappa shape index (κ3) is 4.42. The van der Waals surface area contributed by atoms with Crippen molar-refractivity contribution in [2.75, 3.05) is 0 Å². The first-order chi connectivity index (χ1) is 9.97. The smallest absolute Gasteiger partial charge is 0.221 e. The Hall–Kier alpha value is -2.16. The summed E-state index contributed by atoms with van der Waals surface area (Å²) in [5, 5.41) is 3.12. The van der Waals surface area contributed by atoms with Gasteiger partial charge < -0.3 is 5.32 Å².